The van der Waals surface area contributed by atoms with Crippen molar-refractivity contribution in [3.05, 3.63) is 64.7 Å². The molecule has 0 aliphatic carbocycles. The lowest BCUT2D eigenvalue weighted by molar-refractivity contribution is 0.0180. The third-order valence-corrected chi connectivity index (χ3v) is 5.04. The van der Waals surface area contributed by atoms with Crippen molar-refractivity contribution >= 4 is 47.2 Å². The molecule has 3 N–H and O–H groups in total. The maximum atomic E-state index is 6.15. The monoisotopic (exact) mass is 514 g/mol. The SMILES string of the molecule is CCc1cccc(NC(N)=NCC(c2ccc(Cl)cc2)N2CCOCC2)c1.I. The summed E-state index contributed by atoms with van der Waals surface area (Å²) >= 11 is 6.05. The van der Waals surface area contributed by atoms with Crippen molar-refractivity contribution in [2.24, 2.45) is 10.7 Å². The molecule has 0 spiro atoms. The van der Waals surface area contributed by atoms with Gasteiger partial charge in [-0.3, -0.25) is 9.89 Å². The number of nitrogens with two attached hydrogens (primary N) is 1. The van der Waals surface area contributed by atoms with Gasteiger partial charge in [-0.2, -0.15) is 0 Å². The van der Waals surface area contributed by atoms with Gasteiger partial charge in [0.1, 0.15) is 0 Å². The quantitative estimate of drug-likeness (QED) is 0.342. The lowest BCUT2D eigenvalue weighted by atomic mass is 10.0. The zero-order valence-electron chi connectivity index (χ0n) is 16.1. The Labute approximate surface area is 189 Å². The number of halogens is 2. The second-order valence-corrected chi connectivity index (χ2v) is 7.06. The van der Waals surface area contributed by atoms with Gasteiger partial charge in [-0.25, -0.2) is 0 Å². The van der Waals surface area contributed by atoms with Crippen LogP contribution >= 0.6 is 35.6 Å². The Bertz CT molecular complexity index is 763. The third-order valence-electron chi connectivity index (χ3n) is 4.78. The summed E-state index contributed by atoms with van der Waals surface area (Å²) in [4.78, 5) is 7.01. The van der Waals surface area contributed by atoms with E-state index in [1.807, 2.05) is 24.3 Å². The van der Waals surface area contributed by atoms with Crippen LogP contribution in [0.15, 0.2) is 53.5 Å². The van der Waals surface area contributed by atoms with Crippen molar-refractivity contribution in [3.8, 4) is 0 Å². The Morgan fingerprint density at radius 1 is 1.21 bits per heavy atom. The number of anilines is 1. The molecule has 0 bridgehead atoms. The number of hydrogen-bond donors (Lipinski definition) is 2. The molecule has 1 aliphatic heterocycles. The first-order valence-corrected chi connectivity index (χ1v) is 9.76. The van der Waals surface area contributed by atoms with Crippen molar-refractivity contribution in [1.29, 1.82) is 0 Å². The summed E-state index contributed by atoms with van der Waals surface area (Å²) in [6.45, 7) is 5.96. The molecule has 1 heterocycles. The maximum absolute atomic E-state index is 6.15. The van der Waals surface area contributed by atoms with Crippen molar-refractivity contribution in [3.63, 3.8) is 0 Å². The van der Waals surface area contributed by atoms with E-state index in [9.17, 15) is 0 Å². The molecule has 1 fully saturated rings. The minimum absolute atomic E-state index is 0. The zero-order chi connectivity index (χ0) is 19.1. The van der Waals surface area contributed by atoms with Gasteiger partial charge in [0.25, 0.3) is 0 Å². The number of benzene rings is 2. The van der Waals surface area contributed by atoms with Gasteiger partial charge in [0.15, 0.2) is 5.96 Å². The van der Waals surface area contributed by atoms with Gasteiger partial charge in [-0.1, -0.05) is 42.8 Å². The van der Waals surface area contributed by atoms with Crippen LogP contribution in [0.4, 0.5) is 5.69 Å². The Morgan fingerprint density at radius 2 is 1.93 bits per heavy atom. The molecular weight excluding hydrogens is 487 g/mol. The largest absolute Gasteiger partial charge is 0.379 e. The summed E-state index contributed by atoms with van der Waals surface area (Å²) in [5.41, 5.74) is 9.56. The van der Waals surface area contributed by atoms with E-state index in [1.165, 1.54) is 11.1 Å². The van der Waals surface area contributed by atoms with Crippen LogP contribution in [0.3, 0.4) is 0 Å². The summed E-state index contributed by atoms with van der Waals surface area (Å²) in [5.74, 6) is 0.426. The second kappa shape index (κ2) is 11.6. The van der Waals surface area contributed by atoms with Crippen molar-refractivity contribution in [2.45, 2.75) is 19.4 Å². The molecule has 2 aromatic carbocycles. The normalized spacial score (nSPS) is 16.3. The summed E-state index contributed by atoms with van der Waals surface area (Å²) in [6, 6.07) is 16.3. The van der Waals surface area contributed by atoms with E-state index in [0.29, 0.717) is 12.5 Å². The van der Waals surface area contributed by atoms with Crippen LogP contribution < -0.4 is 11.1 Å². The van der Waals surface area contributed by atoms with Gasteiger partial charge < -0.3 is 15.8 Å². The number of nitrogens with zero attached hydrogens (tertiary/aromatic N) is 2. The first kappa shape index (κ1) is 22.9. The van der Waals surface area contributed by atoms with Gasteiger partial charge in [0, 0.05) is 23.8 Å². The van der Waals surface area contributed by atoms with E-state index in [4.69, 9.17) is 22.1 Å². The molecule has 28 heavy (non-hydrogen) atoms. The van der Waals surface area contributed by atoms with Crippen LogP contribution in [0.5, 0.6) is 0 Å². The molecule has 1 atom stereocenters. The maximum Gasteiger partial charge on any atom is 0.193 e. The Hall–Kier alpha value is -1.35. The zero-order valence-corrected chi connectivity index (χ0v) is 19.2. The number of guanidine groups is 1. The summed E-state index contributed by atoms with van der Waals surface area (Å²) < 4.78 is 5.50. The van der Waals surface area contributed by atoms with Crippen molar-refractivity contribution < 1.29 is 4.74 Å². The fourth-order valence-electron chi connectivity index (χ4n) is 3.25. The molecule has 1 unspecified atom stereocenters. The number of rotatable bonds is 6. The number of morpholine rings is 1. The topological polar surface area (TPSA) is 62.9 Å². The average Bonchev–Trinajstić information content (AvgIpc) is 2.70. The molecular formula is C21H28ClIN4O. The fourth-order valence-corrected chi connectivity index (χ4v) is 3.37. The molecule has 3 rings (SSSR count). The highest BCUT2D eigenvalue weighted by Gasteiger charge is 2.22. The summed E-state index contributed by atoms with van der Waals surface area (Å²) in [6.07, 6.45) is 0.988. The van der Waals surface area contributed by atoms with Gasteiger partial charge in [-0.05, 0) is 41.8 Å². The van der Waals surface area contributed by atoms with Crippen LogP contribution in [0.1, 0.15) is 24.1 Å². The molecule has 0 radical (unpaired) electrons. The molecule has 1 saturated heterocycles. The van der Waals surface area contributed by atoms with Crippen molar-refractivity contribution in [2.75, 3.05) is 38.2 Å². The highest BCUT2D eigenvalue weighted by atomic mass is 127. The Balaban J connectivity index is 0.00000280. The lowest BCUT2D eigenvalue weighted by Crippen LogP contribution is -2.40. The second-order valence-electron chi connectivity index (χ2n) is 6.62. The van der Waals surface area contributed by atoms with Gasteiger partial charge >= 0.3 is 0 Å². The average molecular weight is 515 g/mol. The van der Waals surface area contributed by atoms with E-state index in [2.05, 4.69) is 46.4 Å². The van der Waals surface area contributed by atoms with E-state index in [-0.39, 0.29) is 30.0 Å². The van der Waals surface area contributed by atoms with Crippen LogP contribution in [-0.4, -0.2) is 43.7 Å². The van der Waals surface area contributed by atoms with Crippen LogP contribution in [0.2, 0.25) is 5.02 Å². The first-order chi connectivity index (χ1) is 13.2. The van der Waals surface area contributed by atoms with Crippen LogP contribution in [-0.2, 0) is 11.2 Å². The molecule has 7 heteroatoms. The molecule has 5 nitrogen and oxygen atoms in total. The highest BCUT2D eigenvalue weighted by Crippen LogP contribution is 2.24. The standard InChI is InChI=1S/C21H27ClN4O.HI/c1-2-16-4-3-5-19(14-16)25-21(23)24-15-20(26-10-12-27-13-11-26)17-6-8-18(22)9-7-17;/h3-9,14,20H,2,10-13,15H2,1H3,(H3,23,24,25);1H. The lowest BCUT2D eigenvalue weighted by Gasteiger charge is -2.34. The summed E-state index contributed by atoms with van der Waals surface area (Å²) in [7, 11) is 0. The number of ether oxygens (including phenoxy) is 1. The van der Waals surface area contributed by atoms with E-state index >= 15 is 0 Å². The first-order valence-electron chi connectivity index (χ1n) is 9.39. The smallest absolute Gasteiger partial charge is 0.193 e. The molecule has 0 saturated carbocycles. The number of aryl methyl sites for hydroxylation is 1. The Morgan fingerprint density at radius 3 is 2.61 bits per heavy atom. The molecule has 2 aromatic rings. The van der Waals surface area contributed by atoms with Gasteiger partial charge in [0.2, 0.25) is 0 Å². The molecule has 0 amide bonds. The summed E-state index contributed by atoms with van der Waals surface area (Å²) in [5, 5.41) is 3.93. The number of nitrogens with one attached hydrogen (secondary N) is 1. The van der Waals surface area contributed by atoms with Crippen LogP contribution in [0, 0.1) is 0 Å². The van der Waals surface area contributed by atoms with Crippen molar-refractivity contribution in [1.82, 2.24) is 4.90 Å². The number of hydrogen-bond acceptors (Lipinski definition) is 3. The number of aliphatic imine (C=N–C) groups is 1. The highest BCUT2D eigenvalue weighted by molar-refractivity contribution is 14.0. The predicted molar refractivity (Wildman–Crippen MR) is 128 cm³/mol. The minimum Gasteiger partial charge on any atom is -0.379 e. The molecule has 152 valence electrons. The van der Waals surface area contributed by atoms with E-state index in [1.54, 1.807) is 0 Å². The minimum atomic E-state index is 0. The predicted octanol–water partition coefficient (Wildman–Crippen LogP) is 4.32. The van der Waals surface area contributed by atoms with E-state index in [0.717, 1.165) is 43.4 Å². The Kier molecular flexibility index (Phi) is 9.50. The molecule has 0 aromatic heterocycles. The van der Waals surface area contributed by atoms with E-state index < -0.39 is 0 Å². The third kappa shape index (κ3) is 6.62. The van der Waals surface area contributed by atoms with Crippen LogP contribution in [0.25, 0.3) is 0 Å². The molecule has 1 aliphatic rings. The van der Waals surface area contributed by atoms with Gasteiger partial charge in [0.05, 0.1) is 25.8 Å². The van der Waals surface area contributed by atoms with Gasteiger partial charge in [-0.15, -0.1) is 24.0 Å². The fraction of sp³-hybridized carbons (Fsp3) is 0.381.